The van der Waals surface area contributed by atoms with Gasteiger partial charge in [-0.15, -0.1) is 0 Å². The highest BCUT2D eigenvalue weighted by Gasteiger charge is 2.21. The summed E-state index contributed by atoms with van der Waals surface area (Å²) in [6.07, 6.45) is 4.75. The van der Waals surface area contributed by atoms with E-state index in [4.69, 9.17) is 10.8 Å². The standard InChI is InChI=1S/C15H22N2O2/c1-17-15(13(16)9-14(18)19)12-7-6-10-4-2-3-5-11(10)8-12/h6-8,13,15,17H,2-5,9,16H2,1H3,(H,18,19). The van der Waals surface area contributed by atoms with E-state index >= 15 is 0 Å². The van der Waals surface area contributed by atoms with E-state index in [0.29, 0.717) is 0 Å². The van der Waals surface area contributed by atoms with Gasteiger partial charge in [0.05, 0.1) is 6.42 Å². The summed E-state index contributed by atoms with van der Waals surface area (Å²) in [5, 5.41) is 12.0. The summed E-state index contributed by atoms with van der Waals surface area (Å²) < 4.78 is 0. The molecule has 0 saturated carbocycles. The molecule has 0 bridgehead atoms. The smallest absolute Gasteiger partial charge is 0.304 e. The van der Waals surface area contributed by atoms with E-state index in [9.17, 15) is 4.79 Å². The molecule has 4 heteroatoms. The van der Waals surface area contributed by atoms with Gasteiger partial charge in [-0.25, -0.2) is 0 Å². The number of carboxylic acid groups (broad SMARTS) is 1. The number of aryl methyl sites for hydroxylation is 2. The van der Waals surface area contributed by atoms with Crippen LogP contribution in [0.4, 0.5) is 0 Å². The Bertz CT molecular complexity index is 459. The number of nitrogens with two attached hydrogens (primary N) is 1. The minimum atomic E-state index is -0.856. The first-order valence-corrected chi connectivity index (χ1v) is 6.88. The third-order valence-electron chi connectivity index (χ3n) is 3.88. The molecule has 1 aromatic rings. The number of carbonyl (C=O) groups is 1. The van der Waals surface area contributed by atoms with Crippen molar-refractivity contribution in [1.29, 1.82) is 0 Å². The van der Waals surface area contributed by atoms with E-state index in [-0.39, 0.29) is 12.5 Å². The maximum absolute atomic E-state index is 10.8. The molecule has 4 nitrogen and oxygen atoms in total. The first-order valence-electron chi connectivity index (χ1n) is 6.88. The Morgan fingerprint density at radius 1 is 1.37 bits per heavy atom. The average molecular weight is 262 g/mol. The predicted molar refractivity (Wildman–Crippen MR) is 75.1 cm³/mol. The molecule has 0 radical (unpaired) electrons. The van der Waals surface area contributed by atoms with E-state index < -0.39 is 12.0 Å². The zero-order chi connectivity index (χ0) is 13.8. The zero-order valence-corrected chi connectivity index (χ0v) is 11.4. The third-order valence-corrected chi connectivity index (χ3v) is 3.88. The highest BCUT2D eigenvalue weighted by atomic mass is 16.4. The number of likely N-dealkylation sites (N-methyl/N-ethyl adjacent to an activating group) is 1. The third kappa shape index (κ3) is 3.33. The number of carboxylic acids is 1. The van der Waals surface area contributed by atoms with Crippen LogP contribution in [-0.4, -0.2) is 24.2 Å². The van der Waals surface area contributed by atoms with Gasteiger partial charge in [0.2, 0.25) is 0 Å². The van der Waals surface area contributed by atoms with Crippen LogP contribution in [0.25, 0.3) is 0 Å². The van der Waals surface area contributed by atoms with Crippen LogP contribution in [-0.2, 0) is 17.6 Å². The summed E-state index contributed by atoms with van der Waals surface area (Å²) >= 11 is 0. The lowest BCUT2D eigenvalue weighted by atomic mass is 9.87. The first kappa shape index (κ1) is 14.0. The fourth-order valence-electron chi connectivity index (χ4n) is 2.89. The van der Waals surface area contributed by atoms with Crippen molar-refractivity contribution in [3.63, 3.8) is 0 Å². The molecule has 0 heterocycles. The first-order chi connectivity index (χ1) is 9.11. The van der Waals surface area contributed by atoms with Gasteiger partial charge in [-0.1, -0.05) is 18.2 Å². The molecule has 0 aliphatic heterocycles. The van der Waals surface area contributed by atoms with Gasteiger partial charge in [0.1, 0.15) is 0 Å². The Morgan fingerprint density at radius 3 is 2.68 bits per heavy atom. The molecule has 0 aromatic heterocycles. The average Bonchev–Trinajstić information content (AvgIpc) is 2.38. The monoisotopic (exact) mass is 262 g/mol. The number of nitrogens with one attached hydrogen (secondary N) is 1. The van der Waals surface area contributed by atoms with Crippen molar-refractivity contribution in [3.8, 4) is 0 Å². The van der Waals surface area contributed by atoms with Crippen LogP contribution in [0.5, 0.6) is 0 Å². The Kier molecular flexibility index (Phi) is 4.56. The Morgan fingerprint density at radius 2 is 2.05 bits per heavy atom. The molecule has 19 heavy (non-hydrogen) atoms. The van der Waals surface area contributed by atoms with Crippen LogP contribution in [0.1, 0.15) is 42.0 Å². The minimum absolute atomic E-state index is 0.0252. The summed E-state index contributed by atoms with van der Waals surface area (Å²) in [5.41, 5.74) is 9.91. The van der Waals surface area contributed by atoms with Crippen molar-refractivity contribution >= 4 is 5.97 Å². The van der Waals surface area contributed by atoms with Crippen molar-refractivity contribution in [2.75, 3.05) is 7.05 Å². The van der Waals surface area contributed by atoms with Crippen LogP contribution < -0.4 is 11.1 Å². The molecule has 0 saturated heterocycles. The number of hydrogen-bond acceptors (Lipinski definition) is 3. The molecule has 0 fully saturated rings. The number of rotatable bonds is 5. The summed E-state index contributed by atoms with van der Waals surface area (Å²) in [5.74, 6) is -0.856. The zero-order valence-electron chi connectivity index (χ0n) is 11.4. The number of fused-ring (bicyclic) bond motifs is 1. The van der Waals surface area contributed by atoms with Gasteiger partial charge in [0.25, 0.3) is 0 Å². The lowest BCUT2D eigenvalue weighted by Crippen LogP contribution is -2.38. The number of benzene rings is 1. The molecular weight excluding hydrogens is 240 g/mol. The highest BCUT2D eigenvalue weighted by molar-refractivity contribution is 5.67. The largest absolute Gasteiger partial charge is 0.481 e. The maximum Gasteiger partial charge on any atom is 0.304 e. The van der Waals surface area contributed by atoms with Gasteiger partial charge in [-0.05, 0) is 49.4 Å². The molecule has 104 valence electrons. The van der Waals surface area contributed by atoms with Gasteiger partial charge < -0.3 is 16.2 Å². The van der Waals surface area contributed by atoms with Crippen molar-refractivity contribution in [1.82, 2.24) is 5.32 Å². The topological polar surface area (TPSA) is 75.3 Å². The van der Waals surface area contributed by atoms with Crippen LogP contribution in [0.2, 0.25) is 0 Å². The van der Waals surface area contributed by atoms with Gasteiger partial charge in [-0.2, -0.15) is 0 Å². The Labute approximate surface area is 114 Å². The van der Waals surface area contributed by atoms with Gasteiger partial charge in [0, 0.05) is 12.1 Å². The Hall–Kier alpha value is -1.39. The summed E-state index contributed by atoms with van der Waals surface area (Å²) in [6, 6.07) is 5.92. The van der Waals surface area contributed by atoms with Gasteiger partial charge in [-0.3, -0.25) is 4.79 Å². The van der Waals surface area contributed by atoms with Crippen molar-refractivity contribution in [3.05, 3.63) is 34.9 Å². The lowest BCUT2D eigenvalue weighted by molar-refractivity contribution is -0.137. The van der Waals surface area contributed by atoms with Gasteiger partial charge >= 0.3 is 5.97 Å². The number of hydrogen-bond donors (Lipinski definition) is 3. The summed E-state index contributed by atoms with van der Waals surface area (Å²) in [4.78, 5) is 10.8. The molecule has 2 atom stereocenters. The van der Waals surface area contributed by atoms with E-state index in [0.717, 1.165) is 18.4 Å². The molecule has 4 N–H and O–H groups in total. The molecule has 1 aromatic carbocycles. The highest BCUT2D eigenvalue weighted by Crippen LogP contribution is 2.26. The minimum Gasteiger partial charge on any atom is -0.481 e. The molecule has 0 amide bonds. The second-order valence-corrected chi connectivity index (χ2v) is 5.26. The fourth-order valence-corrected chi connectivity index (χ4v) is 2.89. The second kappa shape index (κ2) is 6.17. The van der Waals surface area contributed by atoms with Crippen LogP contribution in [0.3, 0.4) is 0 Å². The lowest BCUT2D eigenvalue weighted by Gasteiger charge is -2.25. The molecule has 2 unspecified atom stereocenters. The second-order valence-electron chi connectivity index (χ2n) is 5.26. The fraction of sp³-hybridized carbons (Fsp3) is 0.533. The summed E-state index contributed by atoms with van der Waals surface area (Å²) in [7, 11) is 1.83. The molecule has 2 rings (SSSR count). The molecule has 1 aliphatic carbocycles. The Balaban J connectivity index is 2.20. The normalized spacial score (nSPS) is 17.6. The van der Waals surface area contributed by atoms with E-state index in [1.54, 1.807) is 0 Å². The van der Waals surface area contributed by atoms with Crippen LogP contribution in [0.15, 0.2) is 18.2 Å². The van der Waals surface area contributed by atoms with Crippen LogP contribution >= 0.6 is 0 Å². The quantitative estimate of drug-likeness (QED) is 0.754. The van der Waals surface area contributed by atoms with Crippen LogP contribution in [0, 0.1) is 0 Å². The van der Waals surface area contributed by atoms with Crippen molar-refractivity contribution in [2.45, 2.75) is 44.2 Å². The van der Waals surface area contributed by atoms with Gasteiger partial charge in [0.15, 0.2) is 0 Å². The van der Waals surface area contributed by atoms with E-state index in [2.05, 4.69) is 23.5 Å². The molecule has 0 spiro atoms. The predicted octanol–water partition coefficient (Wildman–Crippen LogP) is 1.63. The van der Waals surface area contributed by atoms with E-state index in [1.807, 2.05) is 7.05 Å². The van der Waals surface area contributed by atoms with Crippen molar-refractivity contribution in [2.24, 2.45) is 5.73 Å². The number of aliphatic carboxylic acids is 1. The van der Waals surface area contributed by atoms with Crippen molar-refractivity contribution < 1.29 is 9.90 Å². The summed E-state index contributed by atoms with van der Waals surface area (Å²) in [6.45, 7) is 0. The maximum atomic E-state index is 10.8. The van der Waals surface area contributed by atoms with E-state index in [1.165, 1.54) is 24.0 Å². The molecular formula is C15H22N2O2. The molecule has 1 aliphatic rings. The SMILES string of the molecule is CNC(c1ccc2c(c1)CCCC2)C(N)CC(=O)O.